The Labute approximate surface area is 157 Å². The third-order valence-electron chi connectivity index (χ3n) is 3.38. The van der Waals surface area contributed by atoms with Crippen LogP contribution in [-0.4, -0.2) is 75.4 Å². The summed E-state index contributed by atoms with van der Waals surface area (Å²) in [6.07, 6.45) is 3.54. The van der Waals surface area contributed by atoms with E-state index in [2.05, 4.69) is 40.6 Å². The maximum absolute atomic E-state index is 5.84. The predicted molar refractivity (Wildman–Crippen MR) is 109 cm³/mol. The van der Waals surface area contributed by atoms with Gasteiger partial charge in [-0.05, 0) is 24.3 Å². The van der Waals surface area contributed by atoms with E-state index in [4.69, 9.17) is 4.74 Å². The normalized spacial score (nSPS) is 19.9. The van der Waals surface area contributed by atoms with Crippen molar-refractivity contribution in [1.29, 1.82) is 0 Å². The predicted octanol–water partition coefficient (Wildman–Crippen LogP) is 1.88. The number of nitrogens with zero attached hydrogens (tertiary/aromatic N) is 2. The fourth-order valence-corrected chi connectivity index (χ4v) is 2.87. The molecule has 7 heteroatoms. The Morgan fingerprint density at radius 2 is 2.18 bits per heavy atom. The second-order valence-corrected chi connectivity index (χ2v) is 6.86. The zero-order valence-corrected chi connectivity index (χ0v) is 17.6. The lowest BCUT2D eigenvalue weighted by Crippen LogP contribution is -2.50. The highest BCUT2D eigenvalue weighted by Crippen LogP contribution is 2.07. The number of morpholine rings is 1. The molecule has 2 N–H and O–H groups in total. The molecule has 1 aliphatic heterocycles. The molecule has 0 aromatic rings. The maximum Gasteiger partial charge on any atom is 0.191 e. The van der Waals surface area contributed by atoms with Crippen LogP contribution >= 0.6 is 35.7 Å². The number of hydrogen-bond acceptors (Lipinski definition) is 4. The largest absolute Gasteiger partial charge is 0.374 e. The van der Waals surface area contributed by atoms with Gasteiger partial charge < -0.3 is 15.4 Å². The zero-order chi connectivity index (χ0) is 15.5. The maximum atomic E-state index is 5.84. The molecule has 0 radical (unpaired) electrons. The van der Waals surface area contributed by atoms with Crippen LogP contribution in [0.5, 0.6) is 0 Å². The topological polar surface area (TPSA) is 48.9 Å². The molecule has 1 rings (SSSR count). The highest BCUT2D eigenvalue weighted by molar-refractivity contribution is 14.0. The summed E-state index contributed by atoms with van der Waals surface area (Å²) in [6.45, 7) is 10.4. The molecular formula is C15H33IN4OS. The summed E-state index contributed by atoms with van der Waals surface area (Å²) in [6, 6.07) is 0. The molecule has 0 amide bonds. The molecule has 1 fully saturated rings. The van der Waals surface area contributed by atoms with Crippen LogP contribution in [0.25, 0.3) is 0 Å². The first kappa shape index (κ1) is 22.3. The fraction of sp³-hybridized carbons (Fsp3) is 0.933. The van der Waals surface area contributed by atoms with Crippen LogP contribution in [0.3, 0.4) is 0 Å². The minimum atomic E-state index is 0. The Morgan fingerprint density at radius 3 is 2.82 bits per heavy atom. The molecule has 1 atom stereocenters. The molecular weight excluding hydrogens is 411 g/mol. The molecule has 0 spiro atoms. The molecule has 132 valence electrons. The van der Waals surface area contributed by atoms with Crippen molar-refractivity contribution in [3.63, 3.8) is 0 Å². The van der Waals surface area contributed by atoms with Crippen LogP contribution in [0.4, 0.5) is 0 Å². The van der Waals surface area contributed by atoms with Gasteiger partial charge in [0, 0.05) is 39.8 Å². The van der Waals surface area contributed by atoms with E-state index in [9.17, 15) is 0 Å². The average molecular weight is 444 g/mol. The first-order valence-corrected chi connectivity index (χ1v) is 9.32. The lowest BCUT2D eigenvalue weighted by atomic mass is 10.2. The smallest absolute Gasteiger partial charge is 0.191 e. The quantitative estimate of drug-likeness (QED) is 0.259. The summed E-state index contributed by atoms with van der Waals surface area (Å²) < 4.78 is 5.84. The SMILES string of the molecule is CN=C(NCCCSC)NCC1CN(CC(C)C)CCO1.I. The van der Waals surface area contributed by atoms with E-state index in [-0.39, 0.29) is 30.1 Å². The van der Waals surface area contributed by atoms with Crippen molar-refractivity contribution in [3.05, 3.63) is 0 Å². The summed E-state index contributed by atoms with van der Waals surface area (Å²) in [4.78, 5) is 6.75. The molecule has 1 heterocycles. The summed E-state index contributed by atoms with van der Waals surface area (Å²) in [5.74, 6) is 2.77. The van der Waals surface area contributed by atoms with Gasteiger partial charge in [-0.25, -0.2) is 0 Å². The van der Waals surface area contributed by atoms with Crippen molar-refractivity contribution in [2.45, 2.75) is 26.4 Å². The van der Waals surface area contributed by atoms with Gasteiger partial charge in [-0.3, -0.25) is 9.89 Å². The molecule has 0 bridgehead atoms. The minimum absolute atomic E-state index is 0. The van der Waals surface area contributed by atoms with E-state index in [0.29, 0.717) is 5.92 Å². The highest BCUT2D eigenvalue weighted by Gasteiger charge is 2.20. The van der Waals surface area contributed by atoms with Gasteiger partial charge in [0.1, 0.15) is 0 Å². The monoisotopic (exact) mass is 444 g/mol. The Bertz CT molecular complexity index is 305. The molecule has 0 aromatic carbocycles. The molecule has 0 saturated carbocycles. The van der Waals surface area contributed by atoms with Crippen LogP contribution in [0, 0.1) is 5.92 Å². The van der Waals surface area contributed by atoms with Crippen LogP contribution in [0.1, 0.15) is 20.3 Å². The zero-order valence-electron chi connectivity index (χ0n) is 14.4. The van der Waals surface area contributed by atoms with E-state index in [1.165, 1.54) is 5.75 Å². The van der Waals surface area contributed by atoms with Crippen molar-refractivity contribution in [2.24, 2.45) is 10.9 Å². The van der Waals surface area contributed by atoms with Gasteiger partial charge in [0.05, 0.1) is 12.7 Å². The van der Waals surface area contributed by atoms with Crippen molar-refractivity contribution < 1.29 is 4.74 Å². The lowest BCUT2D eigenvalue weighted by molar-refractivity contribution is -0.0284. The fourth-order valence-electron chi connectivity index (χ4n) is 2.44. The van der Waals surface area contributed by atoms with Gasteiger partial charge in [-0.2, -0.15) is 11.8 Å². The number of aliphatic imine (C=N–C) groups is 1. The summed E-state index contributed by atoms with van der Waals surface area (Å²) in [5.41, 5.74) is 0. The summed E-state index contributed by atoms with van der Waals surface area (Å²) >= 11 is 1.88. The van der Waals surface area contributed by atoms with E-state index >= 15 is 0 Å². The second kappa shape index (κ2) is 13.7. The van der Waals surface area contributed by atoms with Crippen molar-refractivity contribution >= 4 is 41.7 Å². The number of guanidine groups is 1. The minimum Gasteiger partial charge on any atom is -0.374 e. The number of ether oxygens (including phenoxy) is 1. The number of hydrogen-bond donors (Lipinski definition) is 2. The van der Waals surface area contributed by atoms with Gasteiger partial charge in [0.2, 0.25) is 0 Å². The Hall–Kier alpha value is 0.270. The van der Waals surface area contributed by atoms with E-state index in [0.717, 1.165) is 51.7 Å². The molecule has 1 unspecified atom stereocenters. The van der Waals surface area contributed by atoms with Gasteiger partial charge >= 0.3 is 0 Å². The molecule has 1 aliphatic rings. The lowest BCUT2D eigenvalue weighted by Gasteiger charge is -2.34. The first-order chi connectivity index (χ1) is 10.2. The Kier molecular flexibility index (Phi) is 13.9. The van der Waals surface area contributed by atoms with E-state index in [1.54, 1.807) is 0 Å². The van der Waals surface area contributed by atoms with Gasteiger partial charge in [-0.15, -0.1) is 24.0 Å². The van der Waals surface area contributed by atoms with Crippen LogP contribution in [0.2, 0.25) is 0 Å². The molecule has 0 aliphatic carbocycles. The Morgan fingerprint density at radius 1 is 1.41 bits per heavy atom. The van der Waals surface area contributed by atoms with Crippen molar-refractivity contribution in [2.75, 3.05) is 58.4 Å². The molecule has 0 aromatic heterocycles. The van der Waals surface area contributed by atoms with Crippen LogP contribution < -0.4 is 10.6 Å². The molecule has 22 heavy (non-hydrogen) atoms. The summed E-state index contributed by atoms with van der Waals surface area (Å²) in [7, 11) is 1.82. The number of halogens is 1. The van der Waals surface area contributed by atoms with Crippen LogP contribution in [0.15, 0.2) is 4.99 Å². The third kappa shape index (κ3) is 10.1. The second-order valence-electron chi connectivity index (χ2n) is 5.87. The van der Waals surface area contributed by atoms with Gasteiger partial charge in [0.15, 0.2) is 5.96 Å². The van der Waals surface area contributed by atoms with Crippen LogP contribution in [-0.2, 0) is 4.74 Å². The number of rotatable bonds is 8. The molecule has 5 nitrogen and oxygen atoms in total. The Balaban J connectivity index is 0.00000441. The van der Waals surface area contributed by atoms with E-state index in [1.807, 2.05) is 18.8 Å². The van der Waals surface area contributed by atoms with Crippen molar-refractivity contribution in [3.8, 4) is 0 Å². The standard InChI is InChI=1S/C15H32N4OS.HI/c1-13(2)11-19-7-8-20-14(12-19)10-18-15(16-3)17-6-5-9-21-4;/h13-14H,5-12H2,1-4H3,(H2,16,17,18);1H. The van der Waals surface area contributed by atoms with Crippen molar-refractivity contribution in [1.82, 2.24) is 15.5 Å². The number of thioether (sulfide) groups is 1. The van der Waals surface area contributed by atoms with E-state index < -0.39 is 0 Å². The average Bonchev–Trinajstić information content (AvgIpc) is 2.46. The molecule has 1 saturated heterocycles. The van der Waals surface area contributed by atoms with Gasteiger partial charge in [0.25, 0.3) is 0 Å². The summed E-state index contributed by atoms with van der Waals surface area (Å²) in [5, 5.41) is 6.71. The van der Waals surface area contributed by atoms with Gasteiger partial charge in [-0.1, -0.05) is 13.8 Å². The first-order valence-electron chi connectivity index (χ1n) is 7.93. The highest BCUT2D eigenvalue weighted by atomic mass is 127. The third-order valence-corrected chi connectivity index (χ3v) is 4.08. The number of nitrogens with one attached hydrogen (secondary N) is 2.